The lowest BCUT2D eigenvalue weighted by Crippen LogP contribution is -2.07. The first-order chi connectivity index (χ1) is 16.2. The Morgan fingerprint density at radius 3 is 2.18 bits per heavy atom. The van der Waals surface area contributed by atoms with Crippen molar-refractivity contribution in [2.45, 2.75) is 51.0 Å². The molecule has 4 aromatic rings. The number of nitrogens with zero attached hydrogens (tertiary/aromatic N) is 4. The van der Waals surface area contributed by atoms with Crippen LogP contribution in [0.2, 0.25) is 0 Å². The van der Waals surface area contributed by atoms with Gasteiger partial charge in [0.25, 0.3) is 5.89 Å². The number of benzene rings is 2. The SMILES string of the molecule is CCC(Oc1ccc(-c2noc(C(C)C)n2)cc1)c1nc(-c2ccc(S(C)(=O)=O)cc2C)no1. The van der Waals surface area contributed by atoms with Crippen molar-refractivity contribution < 1.29 is 22.2 Å². The summed E-state index contributed by atoms with van der Waals surface area (Å²) >= 11 is 0. The zero-order valence-corrected chi connectivity index (χ0v) is 20.5. The van der Waals surface area contributed by atoms with Crippen molar-refractivity contribution in [3.05, 3.63) is 59.8 Å². The maximum absolute atomic E-state index is 11.8. The lowest BCUT2D eigenvalue weighted by atomic mass is 10.1. The molecule has 0 bridgehead atoms. The maximum Gasteiger partial charge on any atom is 0.268 e. The van der Waals surface area contributed by atoms with Gasteiger partial charge in [-0.25, -0.2) is 8.42 Å². The van der Waals surface area contributed by atoms with Crippen molar-refractivity contribution in [1.29, 1.82) is 0 Å². The van der Waals surface area contributed by atoms with E-state index in [1.54, 1.807) is 12.1 Å². The van der Waals surface area contributed by atoms with E-state index in [4.69, 9.17) is 13.8 Å². The van der Waals surface area contributed by atoms with Gasteiger partial charge >= 0.3 is 0 Å². The molecule has 4 rings (SSSR count). The van der Waals surface area contributed by atoms with Gasteiger partial charge in [0.05, 0.1) is 4.90 Å². The van der Waals surface area contributed by atoms with E-state index in [-0.39, 0.29) is 10.8 Å². The van der Waals surface area contributed by atoms with E-state index in [0.29, 0.717) is 41.2 Å². The Morgan fingerprint density at radius 2 is 1.59 bits per heavy atom. The lowest BCUT2D eigenvalue weighted by molar-refractivity contribution is 0.154. The van der Waals surface area contributed by atoms with Crippen LogP contribution in [0.4, 0.5) is 0 Å². The van der Waals surface area contributed by atoms with Crippen LogP contribution >= 0.6 is 0 Å². The third-order valence-corrected chi connectivity index (χ3v) is 6.39. The van der Waals surface area contributed by atoms with Crippen LogP contribution in [-0.2, 0) is 9.84 Å². The second kappa shape index (κ2) is 9.38. The van der Waals surface area contributed by atoms with Gasteiger partial charge in [0, 0.05) is 23.3 Å². The molecule has 2 aromatic heterocycles. The molecule has 1 unspecified atom stereocenters. The van der Waals surface area contributed by atoms with Gasteiger partial charge in [-0.1, -0.05) is 31.1 Å². The Bertz CT molecular complexity index is 1390. The van der Waals surface area contributed by atoms with Gasteiger partial charge in [-0.3, -0.25) is 0 Å². The molecule has 9 nitrogen and oxygen atoms in total. The van der Waals surface area contributed by atoms with Crippen LogP contribution < -0.4 is 4.74 Å². The average molecular weight is 483 g/mol. The fraction of sp³-hybridized carbons (Fsp3) is 0.333. The summed E-state index contributed by atoms with van der Waals surface area (Å²) in [5.74, 6) is 2.64. The highest BCUT2D eigenvalue weighted by molar-refractivity contribution is 7.90. The van der Waals surface area contributed by atoms with E-state index < -0.39 is 15.9 Å². The van der Waals surface area contributed by atoms with Gasteiger partial charge in [-0.15, -0.1) is 0 Å². The average Bonchev–Trinajstić information content (AvgIpc) is 3.48. The summed E-state index contributed by atoms with van der Waals surface area (Å²) in [4.78, 5) is 9.15. The third-order valence-electron chi connectivity index (χ3n) is 5.28. The number of rotatable bonds is 8. The second-order valence-corrected chi connectivity index (χ2v) is 10.4. The van der Waals surface area contributed by atoms with E-state index >= 15 is 0 Å². The number of ether oxygens (including phenoxy) is 1. The molecular formula is C24H26N4O5S. The fourth-order valence-electron chi connectivity index (χ4n) is 3.34. The highest BCUT2D eigenvalue weighted by Gasteiger charge is 2.21. The van der Waals surface area contributed by atoms with Gasteiger partial charge in [-0.05, 0) is 61.4 Å². The van der Waals surface area contributed by atoms with E-state index in [9.17, 15) is 8.42 Å². The second-order valence-electron chi connectivity index (χ2n) is 8.36. The number of aryl methyl sites for hydroxylation is 1. The molecule has 1 atom stereocenters. The van der Waals surface area contributed by atoms with Crippen LogP contribution in [0.25, 0.3) is 22.8 Å². The van der Waals surface area contributed by atoms with Crippen LogP contribution in [0.5, 0.6) is 5.75 Å². The number of sulfone groups is 1. The molecule has 0 radical (unpaired) electrons. The first kappa shape index (κ1) is 23.6. The standard InChI is InChI=1S/C24H26N4O5S/c1-6-20(31-17-9-7-16(8-10-17)21-25-23(14(2)3)32-27-21)24-26-22(28-33-24)19-12-11-18(13-15(19)4)34(5,29)30/h7-14,20H,6H2,1-5H3. The van der Waals surface area contributed by atoms with Crippen LogP contribution in [-0.4, -0.2) is 35.0 Å². The lowest BCUT2D eigenvalue weighted by Gasteiger charge is -2.13. The van der Waals surface area contributed by atoms with Crippen molar-refractivity contribution in [2.24, 2.45) is 0 Å². The summed E-state index contributed by atoms with van der Waals surface area (Å²) in [5, 5.41) is 8.10. The Hall–Kier alpha value is -3.53. The Kier molecular flexibility index (Phi) is 6.52. The van der Waals surface area contributed by atoms with Gasteiger partial charge in [0.1, 0.15) is 5.75 Å². The van der Waals surface area contributed by atoms with E-state index in [1.165, 1.54) is 12.3 Å². The molecular weight excluding hydrogens is 456 g/mol. The molecule has 34 heavy (non-hydrogen) atoms. The molecule has 2 aromatic carbocycles. The predicted molar refractivity (Wildman–Crippen MR) is 125 cm³/mol. The molecule has 178 valence electrons. The first-order valence-electron chi connectivity index (χ1n) is 10.9. The first-order valence-corrected chi connectivity index (χ1v) is 12.8. The molecule has 2 heterocycles. The van der Waals surface area contributed by atoms with E-state index in [0.717, 1.165) is 11.1 Å². The molecule has 0 aliphatic carbocycles. The van der Waals surface area contributed by atoms with Crippen LogP contribution in [0.3, 0.4) is 0 Å². The van der Waals surface area contributed by atoms with Crippen molar-refractivity contribution in [1.82, 2.24) is 20.3 Å². The minimum atomic E-state index is -3.29. The molecule has 10 heteroatoms. The summed E-state index contributed by atoms with van der Waals surface area (Å²) < 4.78 is 40.4. The minimum Gasteiger partial charge on any atom is -0.481 e. The van der Waals surface area contributed by atoms with Gasteiger partial charge < -0.3 is 13.8 Å². The number of aromatic nitrogens is 4. The van der Waals surface area contributed by atoms with Crippen molar-refractivity contribution in [3.8, 4) is 28.5 Å². The molecule has 0 fully saturated rings. The summed E-state index contributed by atoms with van der Waals surface area (Å²) in [6.45, 7) is 7.76. The Labute approximate surface area is 198 Å². The number of hydrogen-bond acceptors (Lipinski definition) is 9. The summed E-state index contributed by atoms with van der Waals surface area (Å²) in [5.41, 5.74) is 2.26. The van der Waals surface area contributed by atoms with Crippen LogP contribution in [0.15, 0.2) is 56.4 Å². The third kappa shape index (κ3) is 5.01. The van der Waals surface area contributed by atoms with Crippen molar-refractivity contribution in [3.63, 3.8) is 0 Å². The summed E-state index contributed by atoms with van der Waals surface area (Å²) in [6.07, 6.45) is 1.34. The molecule has 0 spiro atoms. The van der Waals surface area contributed by atoms with Gasteiger partial charge in [0.2, 0.25) is 17.5 Å². The molecule has 0 saturated heterocycles. The summed E-state index contributed by atoms with van der Waals surface area (Å²) in [7, 11) is -3.29. The van der Waals surface area contributed by atoms with E-state index in [1.807, 2.05) is 52.0 Å². The maximum atomic E-state index is 11.8. The van der Waals surface area contributed by atoms with Gasteiger partial charge in [-0.2, -0.15) is 9.97 Å². The largest absolute Gasteiger partial charge is 0.481 e. The Balaban J connectivity index is 1.50. The highest BCUT2D eigenvalue weighted by Crippen LogP contribution is 2.29. The quantitative estimate of drug-likeness (QED) is 0.335. The molecule has 0 aliphatic rings. The molecule has 0 N–H and O–H groups in total. The van der Waals surface area contributed by atoms with Crippen LogP contribution in [0.1, 0.15) is 56.6 Å². The zero-order chi connectivity index (χ0) is 24.5. The Morgan fingerprint density at radius 1 is 0.941 bits per heavy atom. The normalized spacial score (nSPS) is 12.8. The molecule has 0 saturated carbocycles. The van der Waals surface area contributed by atoms with Crippen LogP contribution in [0, 0.1) is 6.92 Å². The minimum absolute atomic E-state index is 0.162. The molecule has 0 amide bonds. The highest BCUT2D eigenvalue weighted by atomic mass is 32.2. The monoisotopic (exact) mass is 482 g/mol. The predicted octanol–water partition coefficient (Wildman–Crippen LogP) is 5.15. The smallest absolute Gasteiger partial charge is 0.268 e. The number of hydrogen-bond donors (Lipinski definition) is 0. The fourth-order valence-corrected chi connectivity index (χ4v) is 4.04. The topological polar surface area (TPSA) is 121 Å². The zero-order valence-electron chi connectivity index (χ0n) is 19.6. The summed E-state index contributed by atoms with van der Waals surface area (Å²) in [6, 6.07) is 12.2. The van der Waals surface area contributed by atoms with Crippen molar-refractivity contribution in [2.75, 3.05) is 6.26 Å². The van der Waals surface area contributed by atoms with Gasteiger partial charge in [0.15, 0.2) is 15.9 Å². The van der Waals surface area contributed by atoms with Crippen molar-refractivity contribution >= 4 is 9.84 Å². The molecule has 0 aliphatic heterocycles. The van der Waals surface area contributed by atoms with E-state index in [2.05, 4.69) is 20.3 Å².